The van der Waals surface area contributed by atoms with Crippen molar-refractivity contribution in [2.45, 2.75) is 6.18 Å². The number of amides is 2. The summed E-state index contributed by atoms with van der Waals surface area (Å²) in [6.45, 7) is 0. The van der Waals surface area contributed by atoms with Crippen LogP contribution in [0.4, 0.5) is 28.0 Å². The smallest absolute Gasteiger partial charge is 0.314 e. The quantitative estimate of drug-likeness (QED) is 0.719. The van der Waals surface area contributed by atoms with Gasteiger partial charge in [0.2, 0.25) is 0 Å². The first-order valence-electron chi connectivity index (χ1n) is 6.62. The van der Waals surface area contributed by atoms with Gasteiger partial charge in [-0.1, -0.05) is 23.7 Å². The molecule has 8 heteroatoms. The van der Waals surface area contributed by atoms with Gasteiger partial charge in [0.25, 0.3) is 0 Å². The number of urea groups is 1. The molecule has 0 spiro atoms. The van der Waals surface area contributed by atoms with Crippen LogP contribution in [0.3, 0.4) is 0 Å². The van der Waals surface area contributed by atoms with Crippen LogP contribution in [-0.4, -0.2) is 6.03 Å². The number of carbonyl (C=O) groups is 1. The van der Waals surface area contributed by atoms with Gasteiger partial charge in [-0.05, 0) is 42.0 Å². The molecule has 0 bridgehead atoms. The molecule has 0 atom stereocenters. The molecule has 2 N–H and O–H groups in total. The molecule has 3 nitrogen and oxygen atoms in total. The summed E-state index contributed by atoms with van der Waals surface area (Å²) >= 11 is 5.49. The van der Waals surface area contributed by atoms with E-state index in [0.29, 0.717) is 5.56 Å². The molecule has 0 aromatic heterocycles. The maximum atomic E-state index is 13.0. The van der Waals surface area contributed by atoms with Crippen molar-refractivity contribution in [3.8, 4) is 0 Å². The molecular formula is C16H11ClF4N2O. The van der Waals surface area contributed by atoms with Crippen LogP contribution in [-0.2, 0) is 6.18 Å². The number of anilines is 1. The standard InChI is InChI=1S/C16H11ClF4N2O/c17-14-5-4-12(9-13(14)16(19,20)21)23-15(24)22-7-6-10-2-1-3-11(18)8-10/h1-9H,(H2,22,23,24)/b7-6+. The first kappa shape index (κ1) is 17.8. The molecule has 0 unspecified atom stereocenters. The van der Waals surface area contributed by atoms with Gasteiger partial charge in [0, 0.05) is 11.9 Å². The molecule has 126 valence electrons. The van der Waals surface area contributed by atoms with Crippen LogP contribution in [0.2, 0.25) is 5.02 Å². The van der Waals surface area contributed by atoms with Gasteiger partial charge in [-0.3, -0.25) is 0 Å². The van der Waals surface area contributed by atoms with Crippen LogP contribution < -0.4 is 10.6 Å². The summed E-state index contributed by atoms with van der Waals surface area (Å²) in [4.78, 5) is 11.7. The van der Waals surface area contributed by atoms with E-state index in [-0.39, 0.29) is 5.69 Å². The first-order valence-corrected chi connectivity index (χ1v) is 7.00. The van der Waals surface area contributed by atoms with Crippen molar-refractivity contribution in [2.75, 3.05) is 5.32 Å². The summed E-state index contributed by atoms with van der Waals surface area (Å²) in [7, 11) is 0. The molecule has 0 fully saturated rings. The zero-order valence-corrected chi connectivity index (χ0v) is 12.8. The predicted molar refractivity (Wildman–Crippen MR) is 84.0 cm³/mol. The van der Waals surface area contributed by atoms with Gasteiger partial charge < -0.3 is 10.6 Å². The minimum Gasteiger partial charge on any atom is -0.314 e. The number of nitrogens with one attached hydrogen (secondary N) is 2. The number of hydrogen-bond acceptors (Lipinski definition) is 1. The van der Waals surface area contributed by atoms with E-state index in [4.69, 9.17) is 11.6 Å². The van der Waals surface area contributed by atoms with Crippen molar-refractivity contribution >= 4 is 29.4 Å². The van der Waals surface area contributed by atoms with E-state index in [0.717, 1.165) is 12.1 Å². The molecule has 0 aliphatic carbocycles. The molecule has 0 saturated heterocycles. The van der Waals surface area contributed by atoms with Gasteiger partial charge in [0.15, 0.2) is 0 Å². The number of hydrogen-bond donors (Lipinski definition) is 2. The Bertz CT molecular complexity index is 775. The Morgan fingerprint density at radius 3 is 2.54 bits per heavy atom. The zero-order valence-electron chi connectivity index (χ0n) is 12.0. The zero-order chi connectivity index (χ0) is 17.7. The van der Waals surface area contributed by atoms with Crippen molar-refractivity contribution in [3.05, 3.63) is 70.6 Å². The molecule has 2 rings (SSSR count). The lowest BCUT2D eigenvalue weighted by Crippen LogP contribution is -2.24. The predicted octanol–water partition coefficient (Wildman–Crippen LogP) is 5.29. The highest BCUT2D eigenvalue weighted by Crippen LogP contribution is 2.36. The van der Waals surface area contributed by atoms with Gasteiger partial charge in [0.1, 0.15) is 5.82 Å². The summed E-state index contributed by atoms with van der Waals surface area (Å²) < 4.78 is 51.2. The van der Waals surface area contributed by atoms with E-state index in [1.54, 1.807) is 6.07 Å². The second kappa shape index (κ2) is 7.35. The second-order valence-electron chi connectivity index (χ2n) is 4.68. The molecule has 2 aromatic rings. The summed E-state index contributed by atoms with van der Waals surface area (Å²) in [5.41, 5.74) is -0.596. The lowest BCUT2D eigenvalue weighted by Gasteiger charge is -2.11. The highest BCUT2D eigenvalue weighted by Gasteiger charge is 2.33. The number of rotatable bonds is 3. The van der Waals surface area contributed by atoms with Crippen molar-refractivity contribution in [3.63, 3.8) is 0 Å². The fourth-order valence-electron chi connectivity index (χ4n) is 1.81. The number of benzene rings is 2. The van der Waals surface area contributed by atoms with Gasteiger partial charge in [0.05, 0.1) is 10.6 Å². The number of halogens is 5. The summed E-state index contributed by atoms with van der Waals surface area (Å²) in [6.07, 6.45) is -1.95. The Morgan fingerprint density at radius 1 is 1.12 bits per heavy atom. The lowest BCUT2D eigenvalue weighted by molar-refractivity contribution is -0.137. The van der Waals surface area contributed by atoms with Crippen molar-refractivity contribution < 1.29 is 22.4 Å². The molecule has 0 aliphatic heterocycles. The number of alkyl halides is 3. The molecule has 2 amide bonds. The summed E-state index contributed by atoms with van der Waals surface area (Å²) in [6, 6.07) is 7.92. The van der Waals surface area contributed by atoms with Crippen molar-refractivity contribution in [1.82, 2.24) is 5.32 Å². The minimum absolute atomic E-state index is 0.0663. The molecule has 0 saturated carbocycles. The topological polar surface area (TPSA) is 41.1 Å². The second-order valence-corrected chi connectivity index (χ2v) is 5.09. The van der Waals surface area contributed by atoms with Crippen LogP contribution >= 0.6 is 11.6 Å². The van der Waals surface area contributed by atoms with E-state index in [2.05, 4.69) is 10.6 Å². The Kier molecular flexibility index (Phi) is 5.46. The molecule has 24 heavy (non-hydrogen) atoms. The first-order chi connectivity index (χ1) is 11.3. The van der Waals surface area contributed by atoms with Crippen molar-refractivity contribution in [1.29, 1.82) is 0 Å². The van der Waals surface area contributed by atoms with Gasteiger partial charge >= 0.3 is 12.2 Å². The Hall–Kier alpha value is -2.54. The normalized spacial score (nSPS) is 11.5. The van der Waals surface area contributed by atoms with Crippen LogP contribution in [0.25, 0.3) is 6.08 Å². The summed E-state index contributed by atoms with van der Waals surface area (Å²) in [5.74, 6) is -0.428. The van der Waals surface area contributed by atoms with Crippen LogP contribution in [0.5, 0.6) is 0 Å². The van der Waals surface area contributed by atoms with Gasteiger partial charge in [-0.15, -0.1) is 0 Å². The van der Waals surface area contributed by atoms with Crippen LogP contribution in [0.15, 0.2) is 48.7 Å². The molecular weight excluding hydrogens is 348 g/mol. The van der Waals surface area contributed by atoms with E-state index in [1.165, 1.54) is 36.5 Å². The summed E-state index contributed by atoms with van der Waals surface area (Å²) in [5, 5.41) is 4.09. The van der Waals surface area contributed by atoms with Crippen LogP contribution in [0.1, 0.15) is 11.1 Å². The minimum atomic E-state index is -4.62. The monoisotopic (exact) mass is 358 g/mol. The average Bonchev–Trinajstić information content (AvgIpc) is 2.48. The maximum absolute atomic E-state index is 13.0. The maximum Gasteiger partial charge on any atom is 0.417 e. The molecule has 0 heterocycles. The van der Waals surface area contributed by atoms with E-state index in [1.807, 2.05) is 0 Å². The largest absolute Gasteiger partial charge is 0.417 e. The Balaban J connectivity index is 2.00. The van der Waals surface area contributed by atoms with Gasteiger partial charge in [-0.25, -0.2) is 9.18 Å². The van der Waals surface area contributed by atoms with E-state index < -0.39 is 28.6 Å². The van der Waals surface area contributed by atoms with E-state index >= 15 is 0 Å². The van der Waals surface area contributed by atoms with E-state index in [9.17, 15) is 22.4 Å². The molecule has 0 aliphatic rings. The Morgan fingerprint density at radius 2 is 1.88 bits per heavy atom. The van der Waals surface area contributed by atoms with Crippen molar-refractivity contribution in [2.24, 2.45) is 0 Å². The number of carbonyl (C=O) groups excluding carboxylic acids is 1. The fourth-order valence-corrected chi connectivity index (χ4v) is 2.04. The highest BCUT2D eigenvalue weighted by atomic mass is 35.5. The molecule has 0 radical (unpaired) electrons. The third kappa shape index (κ3) is 4.99. The van der Waals surface area contributed by atoms with Crippen LogP contribution in [0, 0.1) is 5.82 Å². The molecule has 2 aromatic carbocycles. The highest BCUT2D eigenvalue weighted by molar-refractivity contribution is 6.31. The fraction of sp³-hybridized carbons (Fsp3) is 0.0625. The SMILES string of the molecule is O=C(N/C=C/c1cccc(F)c1)Nc1ccc(Cl)c(C(F)(F)F)c1. The lowest BCUT2D eigenvalue weighted by atomic mass is 10.2. The third-order valence-corrected chi connectivity index (χ3v) is 3.20. The van der Waals surface area contributed by atoms with Gasteiger partial charge in [-0.2, -0.15) is 13.2 Å². The average molecular weight is 359 g/mol. The third-order valence-electron chi connectivity index (χ3n) is 2.87. The Labute approximate surface area is 139 Å².